The number of hydrogen-bond acceptors (Lipinski definition) is 3. The van der Waals surface area contributed by atoms with Crippen molar-refractivity contribution in [1.29, 1.82) is 0 Å². The minimum absolute atomic E-state index is 0.0818. The molecule has 0 saturated carbocycles. The van der Waals surface area contributed by atoms with Crippen LogP contribution in [0.3, 0.4) is 0 Å². The van der Waals surface area contributed by atoms with Crippen molar-refractivity contribution < 1.29 is 0 Å². The lowest BCUT2D eigenvalue weighted by atomic mass is 10.1. The number of benzene rings is 1. The maximum atomic E-state index is 4.86. The zero-order chi connectivity index (χ0) is 14.5. The van der Waals surface area contributed by atoms with Gasteiger partial charge in [-0.3, -0.25) is 0 Å². The molecule has 4 nitrogen and oxygen atoms in total. The quantitative estimate of drug-likeness (QED) is 0.473. The highest BCUT2D eigenvalue weighted by Gasteiger charge is 2.32. The van der Waals surface area contributed by atoms with Crippen molar-refractivity contribution in [3.8, 4) is 11.3 Å². The first kappa shape index (κ1) is 11.6. The molecule has 1 aliphatic rings. The van der Waals surface area contributed by atoms with E-state index in [0.717, 1.165) is 22.5 Å². The Bertz CT molecular complexity index is 989. The molecule has 104 valence electrons. The van der Waals surface area contributed by atoms with E-state index in [4.69, 9.17) is 9.97 Å². The highest BCUT2D eigenvalue weighted by atomic mass is 15.0. The summed E-state index contributed by atoms with van der Waals surface area (Å²) >= 11 is 0. The minimum Gasteiger partial charge on any atom is -0.341 e. The highest BCUT2D eigenvalue weighted by molar-refractivity contribution is 5.80. The zero-order valence-electron chi connectivity index (χ0n) is 11.7. The Hall–Kier alpha value is -3.01. The Morgan fingerprint density at radius 1 is 0.864 bits per heavy atom. The molecule has 5 rings (SSSR count). The molecule has 0 radical (unpaired) electrons. The van der Waals surface area contributed by atoms with Gasteiger partial charge in [0.25, 0.3) is 0 Å². The molecular weight excluding hydrogens is 272 g/mol. The Morgan fingerprint density at radius 3 is 2.64 bits per heavy atom. The minimum atomic E-state index is 0.0818. The average molecular weight is 284 g/mol. The molecule has 1 aliphatic carbocycles. The average Bonchev–Trinajstić information content (AvgIpc) is 3.18. The molecule has 1 atom stereocenters. The van der Waals surface area contributed by atoms with E-state index in [9.17, 15) is 0 Å². The van der Waals surface area contributed by atoms with Gasteiger partial charge in [0.15, 0.2) is 5.65 Å². The van der Waals surface area contributed by atoms with Gasteiger partial charge >= 0.3 is 0 Å². The van der Waals surface area contributed by atoms with Crippen LogP contribution < -0.4 is 0 Å². The topological polar surface area (TPSA) is 43.6 Å². The molecule has 22 heavy (non-hydrogen) atoms. The SMILES string of the molecule is c1ccc2c(c1)-c1nc3ncccc3nc1C2n1cccc1. The largest absolute Gasteiger partial charge is 0.341 e. The van der Waals surface area contributed by atoms with Gasteiger partial charge in [0.1, 0.15) is 11.6 Å². The molecule has 4 heteroatoms. The van der Waals surface area contributed by atoms with Crippen molar-refractivity contribution in [1.82, 2.24) is 19.5 Å². The first-order chi connectivity index (χ1) is 10.9. The summed E-state index contributed by atoms with van der Waals surface area (Å²) in [5, 5.41) is 0. The lowest BCUT2D eigenvalue weighted by Crippen LogP contribution is -2.09. The van der Waals surface area contributed by atoms with E-state index < -0.39 is 0 Å². The van der Waals surface area contributed by atoms with Crippen molar-refractivity contribution in [3.63, 3.8) is 0 Å². The molecule has 0 amide bonds. The monoisotopic (exact) mass is 284 g/mol. The summed E-state index contributed by atoms with van der Waals surface area (Å²) in [5.41, 5.74) is 5.87. The molecule has 0 bridgehead atoms. The second-order valence-electron chi connectivity index (χ2n) is 5.42. The summed E-state index contributed by atoms with van der Waals surface area (Å²) in [7, 11) is 0. The maximum Gasteiger partial charge on any atom is 0.178 e. The van der Waals surface area contributed by atoms with Gasteiger partial charge in [-0.2, -0.15) is 0 Å². The number of hydrogen-bond donors (Lipinski definition) is 0. The molecule has 0 aliphatic heterocycles. The Balaban J connectivity index is 1.88. The van der Waals surface area contributed by atoms with Crippen LogP contribution in [0.1, 0.15) is 17.3 Å². The van der Waals surface area contributed by atoms with Gasteiger partial charge in [-0.25, -0.2) is 15.0 Å². The van der Waals surface area contributed by atoms with E-state index in [2.05, 4.69) is 40.1 Å². The zero-order valence-corrected chi connectivity index (χ0v) is 11.7. The normalized spacial score (nSPS) is 15.7. The van der Waals surface area contributed by atoms with Gasteiger partial charge in [0.05, 0.1) is 11.4 Å². The van der Waals surface area contributed by atoms with Gasteiger partial charge in [0, 0.05) is 24.2 Å². The summed E-state index contributed by atoms with van der Waals surface area (Å²) in [5.74, 6) is 0. The number of fused-ring (bicyclic) bond motifs is 4. The summed E-state index contributed by atoms with van der Waals surface area (Å²) in [6.45, 7) is 0. The molecule has 4 aromatic rings. The van der Waals surface area contributed by atoms with Crippen LogP contribution >= 0.6 is 0 Å². The molecule has 1 aromatic carbocycles. The van der Waals surface area contributed by atoms with Gasteiger partial charge in [-0.05, 0) is 29.8 Å². The van der Waals surface area contributed by atoms with Crippen molar-refractivity contribution in [2.45, 2.75) is 6.04 Å². The van der Waals surface area contributed by atoms with Crippen LogP contribution in [0.2, 0.25) is 0 Å². The standard InChI is InChI=1S/C18H12N4/c1-2-7-13-12(6-1)15-16(17(13)22-10-3-4-11-22)20-14-8-5-9-19-18(14)21-15/h1-11,17H. The number of rotatable bonds is 1. The fourth-order valence-corrected chi connectivity index (χ4v) is 3.22. The second kappa shape index (κ2) is 4.24. The predicted molar refractivity (Wildman–Crippen MR) is 84.4 cm³/mol. The Labute approximate surface area is 127 Å². The third-order valence-electron chi connectivity index (χ3n) is 4.16. The second-order valence-corrected chi connectivity index (χ2v) is 5.42. The lowest BCUT2D eigenvalue weighted by Gasteiger charge is -2.14. The van der Waals surface area contributed by atoms with Crippen LogP contribution in [-0.2, 0) is 0 Å². The van der Waals surface area contributed by atoms with Crippen LogP contribution in [0.15, 0.2) is 67.1 Å². The molecule has 0 fully saturated rings. The third-order valence-corrected chi connectivity index (χ3v) is 4.16. The highest BCUT2D eigenvalue weighted by Crippen LogP contribution is 2.43. The smallest absolute Gasteiger partial charge is 0.178 e. The summed E-state index contributed by atoms with van der Waals surface area (Å²) in [6, 6.07) is 16.4. The molecular formula is C18H12N4. The van der Waals surface area contributed by atoms with Crippen molar-refractivity contribution in [2.24, 2.45) is 0 Å². The van der Waals surface area contributed by atoms with E-state index in [1.165, 1.54) is 5.56 Å². The van der Waals surface area contributed by atoms with Crippen molar-refractivity contribution >= 4 is 11.2 Å². The van der Waals surface area contributed by atoms with Crippen LogP contribution in [0.5, 0.6) is 0 Å². The number of pyridine rings is 1. The van der Waals surface area contributed by atoms with Crippen molar-refractivity contribution in [2.75, 3.05) is 0 Å². The van der Waals surface area contributed by atoms with E-state index in [1.54, 1.807) is 6.20 Å². The first-order valence-electron chi connectivity index (χ1n) is 7.26. The van der Waals surface area contributed by atoms with Crippen LogP contribution in [0.4, 0.5) is 0 Å². The van der Waals surface area contributed by atoms with Gasteiger partial charge in [-0.1, -0.05) is 24.3 Å². The van der Waals surface area contributed by atoms with E-state index in [0.29, 0.717) is 5.65 Å². The molecule has 0 spiro atoms. The number of aromatic nitrogens is 4. The molecule has 0 saturated heterocycles. The van der Waals surface area contributed by atoms with E-state index in [-0.39, 0.29) is 6.04 Å². The van der Waals surface area contributed by atoms with Crippen molar-refractivity contribution in [3.05, 3.63) is 78.4 Å². The maximum absolute atomic E-state index is 4.86. The van der Waals surface area contributed by atoms with Crippen LogP contribution in [-0.4, -0.2) is 19.5 Å². The fraction of sp³-hybridized carbons (Fsp3) is 0.0556. The van der Waals surface area contributed by atoms with Crippen LogP contribution in [0, 0.1) is 0 Å². The summed E-state index contributed by atoms with van der Waals surface area (Å²) < 4.78 is 2.18. The lowest BCUT2D eigenvalue weighted by molar-refractivity contribution is 0.679. The predicted octanol–water partition coefficient (Wildman–Crippen LogP) is 3.44. The van der Waals surface area contributed by atoms with E-state index >= 15 is 0 Å². The molecule has 3 aromatic heterocycles. The van der Waals surface area contributed by atoms with Gasteiger partial charge in [-0.15, -0.1) is 0 Å². The Kier molecular flexibility index (Phi) is 2.24. The molecule has 1 unspecified atom stereocenters. The molecule has 0 N–H and O–H groups in total. The molecule has 3 heterocycles. The number of nitrogens with zero attached hydrogens (tertiary/aromatic N) is 4. The van der Waals surface area contributed by atoms with Gasteiger partial charge in [0.2, 0.25) is 0 Å². The summed E-state index contributed by atoms with van der Waals surface area (Å²) in [6.07, 6.45) is 5.91. The first-order valence-corrected chi connectivity index (χ1v) is 7.26. The third kappa shape index (κ3) is 1.49. The van der Waals surface area contributed by atoms with Crippen LogP contribution in [0.25, 0.3) is 22.4 Å². The Morgan fingerprint density at radius 2 is 1.73 bits per heavy atom. The van der Waals surface area contributed by atoms with Gasteiger partial charge < -0.3 is 4.57 Å². The fourth-order valence-electron chi connectivity index (χ4n) is 3.22. The van der Waals surface area contributed by atoms with E-state index in [1.807, 2.05) is 30.3 Å². The summed E-state index contributed by atoms with van der Waals surface area (Å²) in [4.78, 5) is 14.0.